The average molecular weight is 227 g/mol. The van der Waals surface area contributed by atoms with E-state index in [1.807, 2.05) is 13.8 Å². The number of halogens is 3. The van der Waals surface area contributed by atoms with Crippen LogP contribution in [0.3, 0.4) is 0 Å². The molecular formula is C10H20F3NO. The third-order valence-electron chi connectivity index (χ3n) is 2.75. The Hall–Kier alpha value is -0.290. The van der Waals surface area contributed by atoms with E-state index < -0.39 is 24.2 Å². The maximum absolute atomic E-state index is 12.1. The molecule has 0 radical (unpaired) electrons. The minimum absolute atomic E-state index is 0.137. The number of aliphatic hydroxyl groups excluding tert-OH is 1. The van der Waals surface area contributed by atoms with Crippen molar-refractivity contribution in [1.29, 1.82) is 0 Å². The van der Waals surface area contributed by atoms with Crippen molar-refractivity contribution < 1.29 is 18.3 Å². The van der Waals surface area contributed by atoms with Crippen LogP contribution in [0.5, 0.6) is 0 Å². The van der Waals surface area contributed by atoms with E-state index in [1.165, 1.54) is 6.92 Å². The van der Waals surface area contributed by atoms with E-state index in [0.29, 0.717) is 12.8 Å². The van der Waals surface area contributed by atoms with Crippen molar-refractivity contribution in [3.63, 3.8) is 0 Å². The maximum atomic E-state index is 12.1. The molecule has 0 aromatic carbocycles. The molecular weight excluding hydrogens is 207 g/mol. The zero-order valence-electron chi connectivity index (χ0n) is 9.49. The van der Waals surface area contributed by atoms with Gasteiger partial charge < -0.3 is 10.4 Å². The van der Waals surface area contributed by atoms with Crippen molar-refractivity contribution in [2.75, 3.05) is 6.61 Å². The molecule has 2 nitrogen and oxygen atoms in total. The lowest BCUT2D eigenvalue weighted by molar-refractivity contribution is -0.140. The molecule has 0 amide bonds. The van der Waals surface area contributed by atoms with Gasteiger partial charge in [0.2, 0.25) is 0 Å². The zero-order chi connectivity index (χ0) is 12.1. The van der Waals surface area contributed by atoms with Gasteiger partial charge in [0.05, 0.1) is 13.0 Å². The standard InChI is InChI=1S/C10H20F3NO/c1-4-9(5-2,7-15)14-8(3)6-10(11,12)13/h8,14-15H,4-7H2,1-3H3. The molecule has 0 aliphatic carbocycles. The van der Waals surface area contributed by atoms with Crippen LogP contribution < -0.4 is 5.32 Å². The summed E-state index contributed by atoms with van der Waals surface area (Å²) in [5.74, 6) is 0. The lowest BCUT2D eigenvalue weighted by atomic mass is 9.92. The van der Waals surface area contributed by atoms with Crippen molar-refractivity contribution in [3.05, 3.63) is 0 Å². The lowest BCUT2D eigenvalue weighted by Crippen LogP contribution is -2.52. The molecule has 1 atom stereocenters. The topological polar surface area (TPSA) is 32.3 Å². The molecule has 0 aromatic heterocycles. The Morgan fingerprint density at radius 3 is 1.93 bits per heavy atom. The van der Waals surface area contributed by atoms with E-state index in [2.05, 4.69) is 5.32 Å². The predicted molar refractivity (Wildman–Crippen MR) is 53.7 cm³/mol. The molecule has 0 saturated heterocycles. The van der Waals surface area contributed by atoms with Gasteiger partial charge in [-0.1, -0.05) is 13.8 Å². The first-order valence-corrected chi connectivity index (χ1v) is 5.24. The fourth-order valence-corrected chi connectivity index (χ4v) is 1.64. The second-order valence-electron chi connectivity index (χ2n) is 4.01. The number of hydrogen-bond donors (Lipinski definition) is 2. The van der Waals surface area contributed by atoms with Gasteiger partial charge >= 0.3 is 6.18 Å². The van der Waals surface area contributed by atoms with Crippen molar-refractivity contribution >= 4 is 0 Å². The first-order valence-electron chi connectivity index (χ1n) is 5.24. The molecule has 0 aliphatic heterocycles. The SMILES string of the molecule is CCC(CC)(CO)NC(C)CC(F)(F)F. The molecule has 0 rings (SSSR count). The van der Waals surface area contributed by atoms with Crippen LogP contribution in [0.2, 0.25) is 0 Å². The van der Waals surface area contributed by atoms with Crippen molar-refractivity contribution in [3.8, 4) is 0 Å². The van der Waals surface area contributed by atoms with Crippen LogP contribution in [0.1, 0.15) is 40.0 Å². The molecule has 0 saturated carbocycles. The second-order valence-corrected chi connectivity index (χ2v) is 4.01. The van der Waals surface area contributed by atoms with Gasteiger partial charge in [0.15, 0.2) is 0 Å². The van der Waals surface area contributed by atoms with Crippen LogP contribution >= 0.6 is 0 Å². The highest BCUT2D eigenvalue weighted by Crippen LogP contribution is 2.23. The molecule has 0 spiro atoms. The van der Waals surface area contributed by atoms with Crippen molar-refractivity contribution in [2.24, 2.45) is 0 Å². The summed E-state index contributed by atoms with van der Waals surface area (Å²) in [6.45, 7) is 5.06. The monoisotopic (exact) mass is 227 g/mol. The normalized spacial score (nSPS) is 15.4. The van der Waals surface area contributed by atoms with E-state index in [1.54, 1.807) is 0 Å². The predicted octanol–water partition coefficient (Wildman–Crippen LogP) is 2.47. The highest BCUT2D eigenvalue weighted by molar-refractivity contribution is 4.87. The molecule has 1 unspecified atom stereocenters. The Kier molecular flexibility index (Phi) is 5.59. The van der Waals surface area contributed by atoms with Gasteiger partial charge in [-0.25, -0.2) is 0 Å². The molecule has 0 aromatic rings. The van der Waals surface area contributed by atoms with Gasteiger partial charge in [-0.05, 0) is 19.8 Å². The Morgan fingerprint density at radius 1 is 1.20 bits per heavy atom. The fraction of sp³-hybridized carbons (Fsp3) is 1.00. The van der Waals surface area contributed by atoms with Crippen LogP contribution in [-0.4, -0.2) is 29.5 Å². The van der Waals surface area contributed by atoms with Gasteiger partial charge in [-0.3, -0.25) is 0 Å². The van der Waals surface area contributed by atoms with Crippen molar-refractivity contribution in [2.45, 2.75) is 57.8 Å². The Labute approximate surface area is 88.9 Å². The van der Waals surface area contributed by atoms with E-state index in [-0.39, 0.29) is 6.61 Å². The van der Waals surface area contributed by atoms with Crippen LogP contribution in [-0.2, 0) is 0 Å². The Bertz CT molecular complexity index is 170. The van der Waals surface area contributed by atoms with Gasteiger partial charge in [-0.15, -0.1) is 0 Å². The highest BCUT2D eigenvalue weighted by Gasteiger charge is 2.34. The molecule has 0 heterocycles. The summed E-state index contributed by atoms with van der Waals surface area (Å²) in [7, 11) is 0. The summed E-state index contributed by atoms with van der Waals surface area (Å²) in [6, 6.07) is -0.669. The first-order chi connectivity index (χ1) is 6.78. The number of hydrogen-bond acceptors (Lipinski definition) is 2. The first kappa shape index (κ1) is 14.7. The lowest BCUT2D eigenvalue weighted by Gasteiger charge is -2.34. The van der Waals surface area contributed by atoms with Gasteiger partial charge in [0.25, 0.3) is 0 Å². The summed E-state index contributed by atoms with van der Waals surface area (Å²) < 4.78 is 36.3. The Morgan fingerprint density at radius 2 is 1.67 bits per heavy atom. The van der Waals surface area contributed by atoms with Crippen LogP contribution in [0, 0.1) is 0 Å². The number of rotatable bonds is 6. The van der Waals surface area contributed by atoms with E-state index >= 15 is 0 Å². The summed E-state index contributed by atoms with van der Waals surface area (Å²) in [5.41, 5.74) is -0.579. The van der Waals surface area contributed by atoms with Crippen LogP contribution in [0.4, 0.5) is 13.2 Å². The molecule has 0 aliphatic rings. The molecule has 0 fully saturated rings. The quantitative estimate of drug-likeness (QED) is 0.730. The second kappa shape index (κ2) is 5.70. The minimum atomic E-state index is -4.16. The van der Waals surface area contributed by atoms with Crippen molar-refractivity contribution in [1.82, 2.24) is 5.32 Å². The minimum Gasteiger partial charge on any atom is -0.394 e. The molecule has 15 heavy (non-hydrogen) atoms. The fourth-order valence-electron chi connectivity index (χ4n) is 1.64. The third kappa shape index (κ3) is 5.37. The van der Waals surface area contributed by atoms with Gasteiger partial charge in [-0.2, -0.15) is 13.2 Å². The summed E-state index contributed by atoms with van der Waals surface area (Å²) >= 11 is 0. The largest absolute Gasteiger partial charge is 0.394 e. The number of aliphatic hydroxyl groups is 1. The Balaban J connectivity index is 4.29. The molecule has 0 bridgehead atoms. The van der Waals surface area contributed by atoms with E-state index in [9.17, 15) is 18.3 Å². The molecule has 5 heteroatoms. The van der Waals surface area contributed by atoms with E-state index in [4.69, 9.17) is 0 Å². The maximum Gasteiger partial charge on any atom is 0.390 e. The summed E-state index contributed by atoms with van der Waals surface area (Å²) in [6.07, 6.45) is -3.80. The smallest absolute Gasteiger partial charge is 0.390 e. The zero-order valence-corrected chi connectivity index (χ0v) is 9.49. The number of nitrogens with one attached hydrogen (secondary N) is 1. The highest BCUT2D eigenvalue weighted by atomic mass is 19.4. The number of alkyl halides is 3. The molecule has 92 valence electrons. The van der Waals surface area contributed by atoms with E-state index in [0.717, 1.165) is 0 Å². The summed E-state index contributed by atoms with van der Waals surface area (Å²) in [4.78, 5) is 0. The van der Waals surface area contributed by atoms with Gasteiger partial charge in [0, 0.05) is 11.6 Å². The summed E-state index contributed by atoms with van der Waals surface area (Å²) in [5, 5.41) is 12.0. The van der Waals surface area contributed by atoms with Gasteiger partial charge in [0.1, 0.15) is 0 Å². The third-order valence-corrected chi connectivity index (χ3v) is 2.75. The molecule has 2 N–H and O–H groups in total. The van der Waals surface area contributed by atoms with Crippen LogP contribution in [0.15, 0.2) is 0 Å². The van der Waals surface area contributed by atoms with Crippen LogP contribution in [0.25, 0.3) is 0 Å². The average Bonchev–Trinajstić information content (AvgIpc) is 2.11.